The Morgan fingerprint density at radius 3 is 2.68 bits per heavy atom. The number of rotatable bonds is 7. The molecule has 19 heavy (non-hydrogen) atoms. The van der Waals surface area contributed by atoms with Crippen molar-refractivity contribution in [3.05, 3.63) is 35.4 Å². The lowest BCUT2D eigenvalue weighted by atomic mass is 9.81. The van der Waals surface area contributed by atoms with Crippen LogP contribution in [0.4, 0.5) is 0 Å². The SMILES string of the molecule is CSCCCCCNC1CCC(C)c2ccccc21. The van der Waals surface area contributed by atoms with E-state index in [4.69, 9.17) is 0 Å². The van der Waals surface area contributed by atoms with E-state index in [0.29, 0.717) is 6.04 Å². The quantitative estimate of drug-likeness (QED) is 0.722. The summed E-state index contributed by atoms with van der Waals surface area (Å²) in [5.74, 6) is 2.04. The van der Waals surface area contributed by atoms with Gasteiger partial charge in [-0.1, -0.05) is 37.6 Å². The summed E-state index contributed by atoms with van der Waals surface area (Å²) in [7, 11) is 0. The van der Waals surface area contributed by atoms with E-state index in [1.165, 1.54) is 44.4 Å². The van der Waals surface area contributed by atoms with E-state index >= 15 is 0 Å². The first-order valence-corrected chi connectivity index (χ1v) is 9.03. The van der Waals surface area contributed by atoms with E-state index in [1.807, 2.05) is 11.8 Å². The van der Waals surface area contributed by atoms with Gasteiger partial charge in [-0.2, -0.15) is 11.8 Å². The van der Waals surface area contributed by atoms with Crippen LogP contribution in [0.5, 0.6) is 0 Å². The molecule has 0 saturated carbocycles. The molecule has 106 valence electrons. The van der Waals surface area contributed by atoms with E-state index in [-0.39, 0.29) is 0 Å². The van der Waals surface area contributed by atoms with Crippen LogP contribution >= 0.6 is 11.8 Å². The van der Waals surface area contributed by atoms with Crippen molar-refractivity contribution in [3.8, 4) is 0 Å². The smallest absolute Gasteiger partial charge is 0.0323 e. The van der Waals surface area contributed by atoms with Crippen LogP contribution in [0.1, 0.15) is 62.1 Å². The van der Waals surface area contributed by atoms with Crippen molar-refractivity contribution >= 4 is 11.8 Å². The molecule has 1 aliphatic carbocycles. The molecule has 0 bridgehead atoms. The highest BCUT2D eigenvalue weighted by atomic mass is 32.2. The second kappa shape index (κ2) is 7.96. The number of unbranched alkanes of at least 4 members (excludes halogenated alkanes) is 2. The van der Waals surface area contributed by atoms with Crippen molar-refractivity contribution in [1.82, 2.24) is 5.32 Å². The number of thioether (sulfide) groups is 1. The predicted octanol–water partition coefficient (Wildman–Crippen LogP) is 4.75. The zero-order valence-corrected chi connectivity index (χ0v) is 13.1. The summed E-state index contributed by atoms with van der Waals surface area (Å²) in [6.45, 7) is 3.53. The number of benzene rings is 1. The largest absolute Gasteiger partial charge is 0.310 e. The maximum absolute atomic E-state index is 3.77. The molecule has 0 radical (unpaired) electrons. The lowest BCUT2D eigenvalue weighted by molar-refractivity contribution is 0.426. The molecule has 0 fully saturated rings. The molecule has 2 rings (SSSR count). The van der Waals surface area contributed by atoms with Crippen LogP contribution in [0.2, 0.25) is 0 Å². The molecule has 1 aromatic rings. The van der Waals surface area contributed by atoms with E-state index in [2.05, 4.69) is 42.8 Å². The third-order valence-corrected chi connectivity index (χ3v) is 4.90. The average molecular weight is 277 g/mol. The van der Waals surface area contributed by atoms with Crippen molar-refractivity contribution in [1.29, 1.82) is 0 Å². The van der Waals surface area contributed by atoms with Gasteiger partial charge in [0.25, 0.3) is 0 Å². The first-order chi connectivity index (χ1) is 9.33. The molecule has 1 aliphatic rings. The third-order valence-electron chi connectivity index (χ3n) is 4.21. The summed E-state index contributed by atoms with van der Waals surface area (Å²) in [6.07, 6.45) is 8.84. The summed E-state index contributed by atoms with van der Waals surface area (Å²) < 4.78 is 0. The molecule has 2 atom stereocenters. The van der Waals surface area contributed by atoms with Crippen molar-refractivity contribution in [2.75, 3.05) is 18.6 Å². The van der Waals surface area contributed by atoms with Gasteiger partial charge in [0.05, 0.1) is 0 Å². The minimum atomic E-state index is 0.591. The van der Waals surface area contributed by atoms with E-state index < -0.39 is 0 Å². The average Bonchev–Trinajstić information content (AvgIpc) is 2.45. The topological polar surface area (TPSA) is 12.0 Å². The van der Waals surface area contributed by atoms with Gasteiger partial charge < -0.3 is 5.32 Å². The number of hydrogen-bond donors (Lipinski definition) is 1. The van der Waals surface area contributed by atoms with E-state index in [0.717, 1.165) is 5.92 Å². The van der Waals surface area contributed by atoms with E-state index in [9.17, 15) is 0 Å². The van der Waals surface area contributed by atoms with Crippen LogP contribution in [-0.4, -0.2) is 18.6 Å². The third kappa shape index (κ3) is 4.25. The molecule has 0 amide bonds. The van der Waals surface area contributed by atoms with Crippen LogP contribution in [0, 0.1) is 0 Å². The van der Waals surface area contributed by atoms with Gasteiger partial charge in [-0.25, -0.2) is 0 Å². The standard InChI is InChI=1S/C17H27NS/c1-14-10-11-17(16-9-5-4-8-15(14)16)18-12-6-3-7-13-19-2/h4-5,8-9,14,17-18H,3,6-7,10-13H2,1-2H3. The highest BCUT2D eigenvalue weighted by Gasteiger charge is 2.23. The van der Waals surface area contributed by atoms with Gasteiger partial charge in [0.2, 0.25) is 0 Å². The van der Waals surface area contributed by atoms with Gasteiger partial charge in [-0.15, -0.1) is 0 Å². The van der Waals surface area contributed by atoms with Gasteiger partial charge in [0, 0.05) is 6.04 Å². The number of nitrogens with one attached hydrogen (secondary N) is 1. The molecule has 0 saturated heterocycles. The summed E-state index contributed by atoms with van der Waals surface area (Å²) in [6, 6.07) is 9.58. The van der Waals surface area contributed by atoms with Gasteiger partial charge in [0.1, 0.15) is 0 Å². The Kier molecular flexibility index (Phi) is 6.25. The zero-order valence-electron chi connectivity index (χ0n) is 12.3. The lowest BCUT2D eigenvalue weighted by Crippen LogP contribution is -2.27. The summed E-state index contributed by atoms with van der Waals surface area (Å²) in [4.78, 5) is 0. The summed E-state index contributed by atoms with van der Waals surface area (Å²) >= 11 is 1.96. The van der Waals surface area contributed by atoms with Crippen molar-refractivity contribution in [3.63, 3.8) is 0 Å². The molecule has 2 unspecified atom stereocenters. The second-order valence-electron chi connectivity index (χ2n) is 5.67. The Bertz CT molecular complexity index is 377. The van der Waals surface area contributed by atoms with Crippen molar-refractivity contribution in [2.24, 2.45) is 0 Å². The Hall–Kier alpha value is -0.470. The fourth-order valence-corrected chi connectivity index (χ4v) is 3.53. The molecule has 1 aromatic carbocycles. The van der Waals surface area contributed by atoms with Gasteiger partial charge in [0.15, 0.2) is 0 Å². The molecule has 0 aliphatic heterocycles. The highest BCUT2D eigenvalue weighted by molar-refractivity contribution is 7.98. The Morgan fingerprint density at radius 2 is 1.89 bits per heavy atom. The molecular formula is C17H27NS. The second-order valence-corrected chi connectivity index (χ2v) is 6.65. The summed E-state index contributed by atoms with van der Waals surface area (Å²) in [5.41, 5.74) is 3.11. The van der Waals surface area contributed by atoms with Crippen LogP contribution in [0.15, 0.2) is 24.3 Å². The highest BCUT2D eigenvalue weighted by Crippen LogP contribution is 2.36. The Labute approximate surface area is 122 Å². The lowest BCUT2D eigenvalue weighted by Gasteiger charge is -2.30. The van der Waals surface area contributed by atoms with Crippen LogP contribution in [-0.2, 0) is 0 Å². The van der Waals surface area contributed by atoms with Crippen molar-refractivity contribution in [2.45, 2.75) is 51.0 Å². The monoisotopic (exact) mass is 277 g/mol. The summed E-state index contributed by atoms with van der Waals surface area (Å²) in [5, 5.41) is 3.77. The normalized spacial score (nSPS) is 22.2. The van der Waals surface area contributed by atoms with Crippen LogP contribution < -0.4 is 5.32 Å². The Morgan fingerprint density at radius 1 is 1.11 bits per heavy atom. The molecule has 2 heteroatoms. The first-order valence-electron chi connectivity index (χ1n) is 7.64. The molecular weight excluding hydrogens is 250 g/mol. The van der Waals surface area contributed by atoms with Gasteiger partial charge >= 0.3 is 0 Å². The molecule has 1 N–H and O–H groups in total. The number of hydrogen-bond acceptors (Lipinski definition) is 2. The molecule has 0 heterocycles. The maximum Gasteiger partial charge on any atom is 0.0323 e. The van der Waals surface area contributed by atoms with Crippen LogP contribution in [0.25, 0.3) is 0 Å². The maximum atomic E-state index is 3.77. The van der Waals surface area contributed by atoms with Gasteiger partial charge in [-0.05, 0) is 61.3 Å². The predicted molar refractivity (Wildman–Crippen MR) is 87.1 cm³/mol. The number of fused-ring (bicyclic) bond motifs is 1. The Balaban J connectivity index is 1.80. The van der Waals surface area contributed by atoms with Crippen molar-refractivity contribution < 1.29 is 0 Å². The minimum Gasteiger partial charge on any atom is -0.310 e. The molecule has 1 nitrogen and oxygen atoms in total. The van der Waals surface area contributed by atoms with Crippen LogP contribution in [0.3, 0.4) is 0 Å². The molecule has 0 aromatic heterocycles. The first kappa shape index (κ1) is 14.9. The minimum absolute atomic E-state index is 0.591. The fraction of sp³-hybridized carbons (Fsp3) is 0.647. The fourth-order valence-electron chi connectivity index (χ4n) is 3.04. The zero-order chi connectivity index (χ0) is 13.5. The molecule has 0 spiro atoms. The van der Waals surface area contributed by atoms with E-state index in [1.54, 1.807) is 11.1 Å². The van der Waals surface area contributed by atoms with Gasteiger partial charge in [-0.3, -0.25) is 0 Å².